The van der Waals surface area contributed by atoms with E-state index in [-0.39, 0.29) is 11.6 Å². The average molecular weight is 182 g/mol. The number of nitro groups is 1. The maximum Gasteiger partial charge on any atom is 0.410 e. The minimum absolute atomic E-state index is 0.188. The topological polar surface area (TPSA) is 113 Å². The Morgan fingerprint density at radius 2 is 2.38 bits per heavy atom. The monoisotopic (exact) mass is 182 g/mol. The summed E-state index contributed by atoms with van der Waals surface area (Å²) >= 11 is 0. The predicted molar refractivity (Wildman–Crippen MR) is 35.9 cm³/mol. The highest BCUT2D eigenvalue weighted by molar-refractivity contribution is 5.15. The number of nitrogens with zero attached hydrogens (tertiary/aromatic N) is 6. The van der Waals surface area contributed by atoms with E-state index < -0.39 is 4.92 Å². The van der Waals surface area contributed by atoms with E-state index in [0.29, 0.717) is 0 Å². The summed E-state index contributed by atoms with van der Waals surface area (Å²) in [6.07, 6.45) is 2.25. The van der Waals surface area contributed by atoms with Crippen LogP contribution in [0.4, 0.5) is 5.82 Å². The molecular weight excluding hydrogens is 180 g/mol. The Balaban J connectivity index is 2.39. The molecule has 0 amide bonds. The lowest BCUT2D eigenvalue weighted by Gasteiger charge is -1.82. The van der Waals surface area contributed by atoms with E-state index in [2.05, 4.69) is 25.1 Å². The van der Waals surface area contributed by atoms with Gasteiger partial charge < -0.3 is 10.1 Å². The molecule has 0 aliphatic rings. The molecule has 0 aromatic carbocycles. The van der Waals surface area contributed by atoms with Crippen LogP contribution in [0.3, 0.4) is 0 Å². The van der Waals surface area contributed by atoms with E-state index >= 15 is 0 Å². The lowest BCUT2D eigenvalue weighted by molar-refractivity contribution is -0.389. The summed E-state index contributed by atoms with van der Waals surface area (Å²) < 4.78 is 4.27. The first kappa shape index (κ1) is 7.34. The molecule has 0 saturated carbocycles. The number of aromatic nitrogens is 5. The minimum Gasteiger partial charge on any atom is -0.358 e. The normalized spacial score (nSPS) is 10.2. The van der Waals surface area contributed by atoms with Gasteiger partial charge in [0.05, 0.1) is 5.10 Å². The summed E-state index contributed by atoms with van der Waals surface area (Å²) in [6.45, 7) is 0. The second-order valence-corrected chi connectivity index (χ2v) is 2.01. The summed E-state index contributed by atoms with van der Waals surface area (Å²) in [5.74, 6) is -0.170. The minimum atomic E-state index is -0.656. The third kappa shape index (κ3) is 1.21. The Hall–Kier alpha value is -2.32. The highest BCUT2D eigenvalue weighted by Gasteiger charge is 2.15. The number of rotatable bonds is 2. The van der Waals surface area contributed by atoms with Crippen LogP contribution >= 0.6 is 0 Å². The Kier molecular flexibility index (Phi) is 1.48. The van der Waals surface area contributed by atoms with Gasteiger partial charge in [0.2, 0.25) is 0 Å². The molecule has 0 aliphatic heterocycles. The van der Waals surface area contributed by atoms with Crippen molar-refractivity contribution >= 4 is 5.82 Å². The fraction of sp³-hybridized carbons (Fsp3) is 0. The van der Waals surface area contributed by atoms with E-state index in [9.17, 15) is 10.1 Å². The van der Waals surface area contributed by atoms with Crippen molar-refractivity contribution in [2.45, 2.75) is 0 Å². The molecule has 0 bridgehead atoms. The van der Waals surface area contributed by atoms with Crippen molar-refractivity contribution < 1.29 is 9.55 Å². The smallest absolute Gasteiger partial charge is 0.358 e. The molecule has 0 saturated heterocycles. The second kappa shape index (κ2) is 2.62. The highest BCUT2D eigenvalue weighted by atomic mass is 16.6. The standard InChI is InChI=1S/C4H2N6O3/c11-10(12)3-1-5-9(7-3)4-2-6-13-8-4/h1-2H. The molecule has 0 fully saturated rings. The van der Waals surface area contributed by atoms with E-state index in [4.69, 9.17) is 0 Å². The molecule has 2 aromatic rings. The fourth-order valence-electron chi connectivity index (χ4n) is 0.697. The molecule has 0 unspecified atom stereocenters. The van der Waals surface area contributed by atoms with Crippen molar-refractivity contribution in [3.8, 4) is 5.82 Å². The summed E-state index contributed by atoms with van der Waals surface area (Å²) in [4.78, 5) is 10.5. The predicted octanol–water partition coefficient (Wildman–Crippen LogP) is -0.442. The van der Waals surface area contributed by atoms with Gasteiger partial charge in [-0.3, -0.25) is 0 Å². The molecule has 0 atom stereocenters. The zero-order valence-corrected chi connectivity index (χ0v) is 6.06. The average Bonchev–Trinajstić information content (AvgIpc) is 2.75. The molecule has 2 rings (SSSR count). The van der Waals surface area contributed by atoms with Gasteiger partial charge in [-0.05, 0) is 14.9 Å². The Morgan fingerprint density at radius 3 is 2.92 bits per heavy atom. The molecule has 13 heavy (non-hydrogen) atoms. The van der Waals surface area contributed by atoms with Crippen LogP contribution in [0.5, 0.6) is 0 Å². The highest BCUT2D eigenvalue weighted by Crippen LogP contribution is 2.05. The molecule has 9 nitrogen and oxygen atoms in total. The molecule has 2 aromatic heterocycles. The van der Waals surface area contributed by atoms with Crippen molar-refractivity contribution in [3.63, 3.8) is 0 Å². The number of hydrogen-bond donors (Lipinski definition) is 0. The van der Waals surface area contributed by atoms with Gasteiger partial charge in [-0.25, -0.2) is 4.63 Å². The lowest BCUT2D eigenvalue weighted by atomic mass is 10.8. The van der Waals surface area contributed by atoms with E-state index in [1.807, 2.05) is 0 Å². The van der Waals surface area contributed by atoms with Crippen LogP contribution in [0.25, 0.3) is 5.82 Å². The molecule has 0 radical (unpaired) electrons. The largest absolute Gasteiger partial charge is 0.410 e. The van der Waals surface area contributed by atoms with Gasteiger partial charge in [-0.2, -0.15) is 0 Å². The Labute approximate surface area is 70.1 Å². The third-order valence-electron chi connectivity index (χ3n) is 1.22. The fourth-order valence-corrected chi connectivity index (χ4v) is 0.697. The van der Waals surface area contributed by atoms with Gasteiger partial charge >= 0.3 is 5.82 Å². The van der Waals surface area contributed by atoms with Crippen LogP contribution in [0.2, 0.25) is 0 Å². The van der Waals surface area contributed by atoms with Crippen LogP contribution in [0.1, 0.15) is 0 Å². The van der Waals surface area contributed by atoms with E-state index in [1.165, 1.54) is 6.20 Å². The molecule has 9 heteroatoms. The Bertz CT molecular complexity index is 419. The summed E-state index contributed by atoms with van der Waals surface area (Å²) in [5, 5.41) is 24.0. The maximum atomic E-state index is 10.2. The van der Waals surface area contributed by atoms with Crippen LogP contribution in [0, 0.1) is 10.1 Å². The molecule has 0 spiro atoms. The van der Waals surface area contributed by atoms with Crippen molar-refractivity contribution in [2.24, 2.45) is 0 Å². The van der Waals surface area contributed by atoms with Crippen molar-refractivity contribution in [3.05, 3.63) is 22.5 Å². The third-order valence-corrected chi connectivity index (χ3v) is 1.22. The van der Waals surface area contributed by atoms with Crippen LogP contribution < -0.4 is 0 Å². The van der Waals surface area contributed by atoms with Crippen LogP contribution in [-0.2, 0) is 0 Å². The van der Waals surface area contributed by atoms with E-state index in [1.54, 1.807) is 0 Å². The summed E-state index contributed by atoms with van der Waals surface area (Å²) in [5.41, 5.74) is 0. The first-order valence-corrected chi connectivity index (χ1v) is 3.12. The van der Waals surface area contributed by atoms with Gasteiger partial charge in [-0.15, -0.1) is 5.10 Å². The molecular formula is C4H2N6O3. The van der Waals surface area contributed by atoms with Crippen molar-refractivity contribution in [2.75, 3.05) is 0 Å². The summed E-state index contributed by atoms with van der Waals surface area (Å²) in [6, 6.07) is 0. The molecule has 0 aliphatic carbocycles. The van der Waals surface area contributed by atoms with Gasteiger partial charge in [0.15, 0.2) is 6.20 Å². The zero-order valence-electron chi connectivity index (χ0n) is 6.06. The number of hydrogen-bond acceptors (Lipinski definition) is 7. The summed E-state index contributed by atoms with van der Waals surface area (Å²) in [7, 11) is 0. The molecule has 0 N–H and O–H groups in total. The second-order valence-electron chi connectivity index (χ2n) is 2.01. The van der Waals surface area contributed by atoms with Gasteiger partial charge in [0, 0.05) is 0 Å². The van der Waals surface area contributed by atoms with Gasteiger partial charge in [0.1, 0.15) is 6.20 Å². The maximum absolute atomic E-state index is 10.2. The molecule has 2 heterocycles. The van der Waals surface area contributed by atoms with Crippen molar-refractivity contribution in [1.82, 2.24) is 25.3 Å². The van der Waals surface area contributed by atoms with Gasteiger partial charge in [0.25, 0.3) is 5.82 Å². The first-order valence-electron chi connectivity index (χ1n) is 3.12. The van der Waals surface area contributed by atoms with Crippen LogP contribution in [0.15, 0.2) is 17.0 Å². The Morgan fingerprint density at radius 1 is 1.54 bits per heavy atom. The van der Waals surface area contributed by atoms with Crippen molar-refractivity contribution in [1.29, 1.82) is 0 Å². The van der Waals surface area contributed by atoms with Crippen LogP contribution in [-0.4, -0.2) is 30.2 Å². The first-order chi connectivity index (χ1) is 6.27. The SMILES string of the molecule is O=[N+]([O-])c1cnn(-c2cnon2)n1. The van der Waals surface area contributed by atoms with Gasteiger partial charge in [-0.1, -0.05) is 5.16 Å². The van der Waals surface area contributed by atoms with E-state index in [0.717, 1.165) is 11.0 Å². The molecule has 66 valence electrons. The zero-order chi connectivity index (χ0) is 9.26. The lowest BCUT2D eigenvalue weighted by Crippen LogP contribution is -1.99. The quantitative estimate of drug-likeness (QED) is 0.456.